The minimum absolute atomic E-state index is 0.0201. The summed E-state index contributed by atoms with van der Waals surface area (Å²) in [6.45, 7) is 9.80. The molecule has 0 aliphatic heterocycles. The van der Waals surface area contributed by atoms with E-state index in [1.807, 2.05) is 6.20 Å². The molecule has 0 aliphatic carbocycles. The van der Waals surface area contributed by atoms with Crippen LogP contribution in [0.3, 0.4) is 0 Å². The van der Waals surface area contributed by atoms with Crippen molar-refractivity contribution in [3.63, 3.8) is 0 Å². The van der Waals surface area contributed by atoms with E-state index in [-0.39, 0.29) is 5.41 Å². The van der Waals surface area contributed by atoms with E-state index < -0.39 is 0 Å². The predicted octanol–water partition coefficient (Wildman–Crippen LogP) is 1.69. The van der Waals surface area contributed by atoms with Crippen LogP contribution in [0.15, 0.2) is 16.3 Å². The number of aromatic nitrogens is 2. The minimum atomic E-state index is 0.0201. The molecular formula is C10H16N4. The third kappa shape index (κ3) is 2.07. The first-order valence-corrected chi connectivity index (χ1v) is 4.48. The summed E-state index contributed by atoms with van der Waals surface area (Å²) in [4.78, 5) is 8.34. The quantitative estimate of drug-likeness (QED) is 0.657. The van der Waals surface area contributed by atoms with Crippen LogP contribution in [0.1, 0.15) is 32.3 Å². The van der Waals surface area contributed by atoms with Crippen LogP contribution in [0, 0.1) is 0 Å². The summed E-state index contributed by atoms with van der Waals surface area (Å²) in [5.74, 6) is 0.715. The van der Waals surface area contributed by atoms with E-state index in [9.17, 15) is 0 Å². The molecule has 1 aromatic heterocycles. The maximum atomic E-state index is 4.42. The van der Waals surface area contributed by atoms with Crippen molar-refractivity contribution in [3.8, 4) is 0 Å². The van der Waals surface area contributed by atoms with Crippen LogP contribution in [0.4, 0.5) is 0 Å². The summed E-state index contributed by atoms with van der Waals surface area (Å²) in [6, 6.07) is 0. The molecule has 0 bridgehead atoms. The Labute approximate surface area is 84.4 Å². The number of aliphatic imine (C=N–C) groups is 1. The molecule has 0 saturated carbocycles. The number of rotatable bonds is 2. The first-order chi connectivity index (χ1) is 6.49. The highest BCUT2D eigenvalue weighted by Gasteiger charge is 2.18. The van der Waals surface area contributed by atoms with Gasteiger partial charge in [0.05, 0.1) is 18.1 Å². The molecule has 14 heavy (non-hydrogen) atoms. The summed E-state index contributed by atoms with van der Waals surface area (Å²) in [5, 5.41) is 3.84. The lowest BCUT2D eigenvalue weighted by molar-refractivity contribution is 0.571. The molecule has 0 aromatic carbocycles. The van der Waals surface area contributed by atoms with Crippen LogP contribution in [0.2, 0.25) is 0 Å². The van der Waals surface area contributed by atoms with Gasteiger partial charge in [0.15, 0.2) is 5.82 Å². The summed E-state index contributed by atoms with van der Waals surface area (Å²) in [5.41, 5.74) is 1.01. The Kier molecular flexibility index (Phi) is 2.84. The smallest absolute Gasteiger partial charge is 0.171 e. The molecular weight excluding hydrogens is 176 g/mol. The Morgan fingerprint density at radius 3 is 2.57 bits per heavy atom. The molecule has 0 amide bonds. The van der Waals surface area contributed by atoms with E-state index in [0.717, 1.165) is 5.69 Å². The second-order valence-electron chi connectivity index (χ2n) is 4.11. The van der Waals surface area contributed by atoms with Gasteiger partial charge in [0.2, 0.25) is 0 Å². The Morgan fingerprint density at radius 1 is 1.50 bits per heavy atom. The highest BCUT2D eigenvalue weighted by atomic mass is 15.4. The van der Waals surface area contributed by atoms with Gasteiger partial charge in [-0.1, -0.05) is 20.8 Å². The zero-order valence-electron chi connectivity index (χ0n) is 9.15. The van der Waals surface area contributed by atoms with Gasteiger partial charge in [-0.05, 0) is 0 Å². The molecule has 4 nitrogen and oxygen atoms in total. The normalized spacial score (nSPS) is 12.3. The van der Waals surface area contributed by atoms with Crippen molar-refractivity contribution in [2.24, 2.45) is 10.1 Å². The Bertz CT molecular complexity index is 355. The van der Waals surface area contributed by atoms with E-state index in [0.29, 0.717) is 5.82 Å². The van der Waals surface area contributed by atoms with E-state index in [2.05, 4.69) is 42.6 Å². The predicted molar refractivity (Wildman–Crippen MR) is 59.4 cm³/mol. The average Bonchev–Trinajstić information content (AvgIpc) is 2.47. The lowest BCUT2D eigenvalue weighted by Gasteiger charge is -2.13. The highest BCUT2D eigenvalue weighted by Crippen LogP contribution is 2.20. The Hall–Kier alpha value is -1.45. The minimum Gasteiger partial charge on any atom is -0.293 e. The first-order valence-electron chi connectivity index (χ1n) is 4.48. The number of imidazole rings is 1. The Balaban J connectivity index is 3.19. The lowest BCUT2D eigenvalue weighted by atomic mass is 9.93. The van der Waals surface area contributed by atoms with E-state index in [1.165, 1.54) is 0 Å². The largest absolute Gasteiger partial charge is 0.293 e. The van der Waals surface area contributed by atoms with Gasteiger partial charge >= 0.3 is 0 Å². The molecule has 1 rings (SSSR count). The van der Waals surface area contributed by atoms with Gasteiger partial charge in [-0.15, -0.1) is 0 Å². The van der Waals surface area contributed by atoms with Crippen molar-refractivity contribution in [2.45, 2.75) is 26.2 Å². The average molecular weight is 192 g/mol. The van der Waals surface area contributed by atoms with Gasteiger partial charge in [0.1, 0.15) is 0 Å². The molecule has 0 N–H and O–H groups in total. The topological polar surface area (TPSA) is 42.5 Å². The van der Waals surface area contributed by atoms with Gasteiger partial charge in [-0.25, -0.2) is 9.66 Å². The van der Waals surface area contributed by atoms with Crippen LogP contribution in [-0.2, 0) is 5.41 Å². The maximum Gasteiger partial charge on any atom is 0.171 e. The number of hydrogen-bond donors (Lipinski definition) is 0. The van der Waals surface area contributed by atoms with Crippen LogP contribution in [0.5, 0.6) is 0 Å². The molecule has 76 valence electrons. The second-order valence-corrected chi connectivity index (χ2v) is 4.11. The molecule has 0 atom stereocenters. The van der Waals surface area contributed by atoms with Gasteiger partial charge in [-0.2, -0.15) is 5.10 Å². The summed E-state index contributed by atoms with van der Waals surface area (Å²) >= 11 is 0. The van der Waals surface area contributed by atoms with Crippen molar-refractivity contribution in [2.75, 3.05) is 7.05 Å². The van der Waals surface area contributed by atoms with Crippen LogP contribution >= 0.6 is 0 Å². The first kappa shape index (κ1) is 10.6. The molecule has 1 aromatic rings. The molecule has 0 aliphatic rings. The van der Waals surface area contributed by atoms with Gasteiger partial charge in [-0.3, -0.25) is 4.99 Å². The lowest BCUT2D eigenvalue weighted by Crippen LogP contribution is -2.11. The number of hydrogen-bond acceptors (Lipinski definition) is 3. The van der Waals surface area contributed by atoms with Crippen molar-refractivity contribution in [3.05, 3.63) is 17.7 Å². The second kappa shape index (κ2) is 3.74. The fourth-order valence-electron chi connectivity index (χ4n) is 1.06. The van der Waals surface area contributed by atoms with Crippen molar-refractivity contribution in [1.82, 2.24) is 9.66 Å². The van der Waals surface area contributed by atoms with Crippen LogP contribution in [0.25, 0.3) is 0 Å². The third-order valence-electron chi connectivity index (χ3n) is 1.88. The van der Waals surface area contributed by atoms with Crippen LogP contribution in [-0.4, -0.2) is 29.6 Å². The molecule has 4 heteroatoms. The zero-order valence-corrected chi connectivity index (χ0v) is 9.15. The molecule has 0 unspecified atom stereocenters. The molecule has 0 radical (unpaired) electrons. The molecule has 0 spiro atoms. The molecule has 0 fully saturated rings. The van der Waals surface area contributed by atoms with E-state index >= 15 is 0 Å². The summed E-state index contributed by atoms with van der Waals surface area (Å²) in [7, 11) is 1.71. The third-order valence-corrected chi connectivity index (χ3v) is 1.88. The van der Waals surface area contributed by atoms with E-state index in [4.69, 9.17) is 0 Å². The van der Waals surface area contributed by atoms with E-state index in [1.54, 1.807) is 17.9 Å². The monoisotopic (exact) mass is 192 g/mol. The molecule has 1 heterocycles. The van der Waals surface area contributed by atoms with Crippen molar-refractivity contribution >= 4 is 12.9 Å². The highest BCUT2D eigenvalue weighted by molar-refractivity contribution is 5.75. The van der Waals surface area contributed by atoms with Crippen molar-refractivity contribution < 1.29 is 0 Å². The summed E-state index contributed by atoms with van der Waals surface area (Å²) in [6.07, 6.45) is 3.55. The summed E-state index contributed by atoms with van der Waals surface area (Å²) < 4.78 is 1.63. The van der Waals surface area contributed by atoms with Gasteiger partial charge < -0.3 is 0 Å². The zero-order chi connectivity index (χ0) is 10.8. The maximum absolute atomic E-state index is 4.42. The fourth-order valence-corrected chi connectivity index (χ4v) is 1.06. The van der Waals surface area contributed by atoms with Crippen LogP contribution < -0.4 is 0 Å². The Morgan fingerprint density at radius 2 is 2.14 bits per heavy atom. The van der Waals surface area contributed by atoms with Gasteiger partial charge in [0, 0.05) is 19.2 Å². The van der Waals surface area contributed by atoms with Gasteiger partial charge in [0.25, 0.3) is 0 Å². The van der Waals surface area contributed by atoms with Crippen molar-refractivity contribution in [1.29, 1.82) is 0 Å². The standard InChI is InChI=1S/C10H16N4/c1-10(2,3)8-7-14(12-5)9(13-8)6-11-4/h6-7H,5H2,1-4H3. The number of nitrogens with zero attached hydrogens (tertiary/aromatic N) is 4. The molecule has 0 saturated heterocycles. The fraction of sp³-hybridized carbons (Fsp3) is 0.500. The SMILES string of the molecule is C=Nn1cc(C(C)(C)C)nc1C=NC.